The van der Waals surface area contributed by atoms with E-state index in [-0.39, 0.29) is 23.6 Å². The molecule has 5 nitrogen and oxygen atoms in total. The summed E-state index contributed by atoms with van der Waals surface area (Å²) in [4.78, 5) is 43.3. The Balaban J connectivity index is 1.64. The fraction of sp³-hybridized carbons (Fsp3) is 0.292. The largest absolute Gasteiger partial charge is 0.358 e. The molecule has 2 fully saturated rings. The van der Waals surface area contributed by atoms with Gasteiger partial charge in [-0.15, -0.1) is 0 Å². The highest BCUT2D eigenvalue weighted by atomic mass is 19.1. The van der Waals surface area contributed by atoms with Crippen LogP contribution in [0.25, 0.3) is 6.08 Å². The van der Waals surface area contributed by atoms with Crippen LogP contribution in [-0.2, 0) is 9.59 Å². The maximum Gasteiger partial charge on any atom is 0.235 e. The highest BCUT2D eigenvalue weighted by Crippen LogP contribution is 2.53. The lowest BCUT2D eigenvalue weighted by Crippen LogP contribution is -2.44. The van der Waals surface area contributed by atoms with Gasteiger partial charge in [-0.3, -0.25) is 19.3 Å². The van der Waals surface area contributed by atoms with E-state index in [0.29, 0.717) is 18.5 Å². The quantitative estimate of drug-likeness (QED) is 0.579. The number of Topliss-reactive ketones (excluding diaryl/α,β-unsaturated/α-hetero) is 1. The van der Waals surface area contributed by atoms with E-state index in [9.17, 15) is 18.8 Å². The second-order valence-corrected chi connectivity index (χ2v) is 8.03. The van der Waals surface area contributed by atoms with Crippen molar-refractivity contribution in [1.82, 2.24) is 9.80 Å². The number of likely N-dealkylation sites (tertiary alicyclic amines) is 1. The Hall–Kier alpha value is -3.28. The van der Waals surface area contributed by atoms with Gasteiger partial charge in [0.05, 0.1) is 17.9 Å². The first kappa shape index (κ1) is 18.7. The standard InChI is InChI=1S/C24H21FN2O3/c1-2-12-27-23(29)18-19(24(27)30)21(22(28)15-7-9-16(25)10-8-15)26-13-11-14-5-3-4-6-17(14)20(18)26/h3-11,13,18-21H,2,12H2,1H3/t18-,19+,20+,21-/m0/s1. The maximum atomic E-state index is 13.5. The number of ketones is 1. The van der Waals surface area contributed by atoms with Crippen LogP contribution in [0.15, 0.2) is 54.7 Å². The number of carbonyl (C=O) groups is 3. The molecule has 0 unspecified atom stereocenters. The molecule has 0 bridgehead atoms. The molecular weight excluding hydrogens is 383 g/mol. The van der Waals surface area contributed by atoms with Crippen molar-refractivity contribution in [3.63, 3.8) is 0 Å². The zero-order chi connectivity index (χ0) is 21.0. The van der Waals surface area contributed by atoms with Crippen LogP contribution in [0, 0.1) is 17.7 Å². The number of carbonyl (C=O) groups excluding carboxylic acids is 3. The number of nitrogens with zero attached hydrogens (tertiary/aromatic N) is 2. The van der Waals surface area contributed by atoms with E-state index in [1.165, 1.54) is 29.2 Å². The van der Waals surface area contributed by atoms with Crippen LogP contribution in [0.5, 0.6) is 0 Å². The normalized spacial score (nSPS) is 26.6. The van der Waals surface area contributed by atoms with E-state index in [4.69, 9.17) is 0 Å². The van der Waals surface area contributed by atoms with E-state index in [2.05, 4.69) is 0 Å². The van der Waals surface area contributed by atoms with Crippen LogP contribution < -0.4 is 0 Å². The number of imide groups is 1. The minimum Gasteiger partial charge on any atom is -0.358 e. The maximum absolute atomic E-state index is 13.5. The number of fused-ring (bicyclic) bond motifs is 5. The molecule has 0 radical (unpaired) electrons. The lowest BCUT2D eigenvalue weighted by atomic mass is 9.83. The Morgan fingerprint density at radius 2 is 1.70 bits per heavy atom. The SMILES string of the molecule is CCCN1C(=O)[C@@H]2[C@H](C1=O)[C@H]1c3ccccc3C=CN1[C@@H]2C(=O)c1ccc(F)cc1. The number of hydrogen-bond acceptors (Lipinski definition) is 4. The van der Waals surface area contributed by atoms with Crippen LogP contribution >= 0.6 is 0 Å². The molecule has 0 aromatic heterocycles. The third-order valence-corrected chi connectivity index (χ3v) is 6.40. The van der Waals surface area contributed by atoms with Gasteiger partial charge in [0.2, 0.25) is 11.8 Å². The van der Waals surface area contributed by atoms with Crippen molar-refractivity contribution in [3.8, 4) is 0 Å². The summed E-state index contributed by atoms with van der Waals surface area (Å²) in [6, 6.07) is 11.9. The van der Waals surface area contributed by atoms with E-state index >= 15 is 0 Å². The molecule has 2 aromatic rings. The number of halogens is 1. The lowest BCUT2D eigenvalue weighted by Gasteiger charge is -2.35. The number of amides is 2. The van der Waals surface area contributed by atoms with E-state index in [0.717, 1.165) is 11.1 Å². The summed E-state index contributed by atoms with van der Waals surface area (Å²) in [5.41, 5.74) is 2.27. The summed E-state index contributed by atoms with van der Waals surface area (Å²) in [6.45, 7) is 2.27. The zero-order valence-corrected chi connectivity index (χ0v) is 16.5. The Morgan fingerprint density at radius 1 is 1.00 bits per heavy atom. The molecule has 2 aromatic carbocycles. The van der Waals surface area contributed by atoms with Crippen molar-refractivity contribution in [2.45, 2.75) is 25.4 Å². The molecule has 3 heterocycles. The van der Waals surface area contributed by atoms with Gasteiger partial charge in [0.25, 0.3) is 0 Å². The van der Waals surface area contributed by atoms with Crippen molar-refractivity contribution >= 4 is 23.7 Å². The molecule has 2 saturated heterocycles. The van der Waals surface area contributed by atoms with E-state index in [1.807, 2.05) is 48.4 Å². The van der Waals surface area contributed by atoms with Gasteiger partial charge in [0.15, 0.2) is 5.78 Å². The molecule has 152 valence electrons. The number of benzene rings is 2. The molecular formula is C24H21FN2O3. The molecule has 0 spiro atoms. The average Bonchev–Trinajstić information content (AvgIpc) is 3.22. The van der Waals surface area contributed by atoms with Crippen molar-refractivity contribution < 1.29 is 18.8 Å². The Labute approximate surface area is 173 Å². The smallest absolute Gasteiger partial charge is 0.235 e. The van der Waals surface area contributed by atoms with Crippen LogP contribution in [0.3, 0.4) is 0 Å². The fourth-order valence-corrected chi connectivity index (χ4v) is 5.15. The molecule has 3 aliphatic rings. The minimum atomic E-state index is -0.798. The first-order valence-electron chi connectivity index (χ1n) is 10.2. The molecule has 2 amide bonds. The summed E-state index contributed by atoms with van der Waals surface area (Å²) in [7, 11) is 0. The van der Waals surface area contributed by atoms with Gasteiger partial charge in [-0.05, 0) is 47.9 Å². The van der Waals surface area contributed by atoms with Crippen LogP contribution in [0.2, 0.25) is 0 Å². The van der Waals surface area contributed by atoms with Crippen LogP contribution in [0.4, 0.5) is 4.39 Å². The van der Waals surface area contributed by atoms with Crippen molar-refractivity contribution in [1.29, 1.82) is 0 Å². The Morgan fingerprint density at radius 3 is 2.43 bits per heavy atom. The first-order valence-corrected chi connectivity index (χ1v) is 10.2. The molecule has 4 atom stereocenters. The fourth-order valence-electron chi connectivity index (χ4n) is 5.15. The molecule has 0 aliphatic carbocycles. The predicted molar refractivity (Wildman–Crippen MR) is 109 cm³/mol. The van der Waals surface area contributed by atoms with E-state index in [1.54, 1.807) is 0 Å². The summed E-state index contributed by atoms with van der Waals surface area (Å²) in [6.07, 6.45) is 4.40. The molecule has 3 aliphatic heterocycles. The molecule has 0 saturated carbocycles. The third kappa shape index (κ3) is 2.56. The summed E-state index contributed by atoms with van der Waals surface area (Å²) >= 11 is 0. The zero-order valence-electron chi connectivity index (χ0n) is 16.5. The van der Waals surface area contributed by atoms with Gasteiger partial charge in [0, 0.05) is 18.3 Å². The molecule has 0 N–H and O–H groups in total. The third-order valence-electron chi connectivity index (χ3n) is 6.40. The van der Waals surface area contributed by atoms with Gasteiger partial charge in [-0.2, -0.15) is 0 Å². The Kier molecular flexibility index (Phi) is 4.31. The monoisotopic (exact) mass is 404 g/mol. The minimum absolute atomic E-state index is 0.207. The van der Waals surface area contributed by atoms with Gasteiger partial charge >= 0.3 is 0 Å². The molecule has 6 heteroatoms. The number of hydrogen-bond donors (Lipinski definition) is 0. The summed E-state index contributed by atoms with van der Waals surface area (Å²) in [5, 5.41) is 0. The second kappa shape index (κ2) is 6.90. The lowest BCUT2D eigenvalue weighted by molar-refractivity contribution is -0.141. The van der Waals surface area contributed by atoms with Crippen molar-refractivity contribution in [3.05, 3.63) is 77.2 Å². The molecule has 30 heavy (non-hydrogen) atoms. The summed E-state index contributed by atoms with van der Waals surface area (Å²) < 4.78 is 13.4. The van der Waals surface area contributed by atoms with Gasteiger partial charge in [0.1, 0.15) is 11.9 Å². The average molecular weight is 404 g/mol. The van der Waals surface area contributed by atoms with E-state index < -0.39 is 23.7 Å². The predicted octanol–water partition coefficient (Wildman–Crippen LogP) is 3.43. The second-order valence-electron chi connectivity index (χ2n) is 8.03. The van der Waals surface area contributed by atoms with Gasteiger partial charge in [-0.1, -0.05) is 31.2 Å². The Bertz CT molecular complexity index is 1080. The molecule has 5 rings (SSSR count). The van der Waals surface area contributed by atoms with Gasteiger partial charge in [-0.25, -0.2) is 4.39 Å². The number of rotatable bonds is 4. The van der Waals surface area contributed by atoms with Crippen LogP contribution in [-0.4, -0.2) is 40.0 Å². The van der Waals surface area contributed by atoms with Crippen molar-refractivity contribution in [2.75, 3.05) is 6.54 Å². The highest BCUT2D eigenvalue weighted by molar-refractivity contribution is 6.12. The van der Waals surface area contributed by atoms with Crippen molar-refractivity contribution in [2.24, 2.45) is 11.8 Å². The highest BCUT2D eigenvalue weighted by Gasteiger charge is 2.64. The first-order chi connectivity index (χ1) is 14.5. The van der Waals surface area contributed by atoms with Gasteiger partial charge < -0.3 is 4.90 Å². The van der Waals surface area contributed by atoms with Crippen LogP contribution in [0.1, 0.15) is 40.9 Å². The topological polar surface area (TPSA) is 57.7 Å². The summed E-state index contributed by atoms with van der Waals surface area (Å²) in [5.74, 6) is -2.54.